The third kappa shape index (κ3) is 3.41. The molecule has 0 fully saturated rings. The van der Waals surface area contributed by atoms with Crippen LogP contribution in [-0.2, 0) is 0 Å². The Morgan fingerprint density at radius 2 is 2.42 bits per heavy atom. The lowest BCUT2D eigenvalue weighted by molar-refractivity contribution is 0.977. The number of hydrogen-bond acceptors (Lipinski definition) is 2. The molecule has 2 nitrogen and oxygen atoms in total. The molecular weight excluding hydrogens is 239 g/mol. The summed E-state index contributed by atoms with van der Waals surface area (Å²) in [5, 5.41) is 3.23. The molecule has 0 spiro atoms. The number of rotatable bonds is 3. The average molecular weight is 250 g/mol. The van der Waals surface area contributed by atoms with E-state index >= 15 is 0 Å². The second-order valence-electron chi connectivity index (χ2n) is 2.52. The molecule has 0 radical (unpaired) electrons. The summed E-state index contributed by atoms with van der Waals surface area (Å²) in [6.07, 6.45) is 1.75. The predicted molar refractivity (Wildman–Crippen MR) is 55.7 cm³/mol. The van der Waals surface area contributed by atoms with E-state index in [1.54, 1.807) is 6.20 Å². The van der Waals surface area contributed by atoms with E-state index in [1.165, 1.54) is 0 Å². The molecule has 1 N–H and O–H groups in total. The molecule has 66 valence electrons. The van der Waals surface area contributed by atoms with Gasteiger partial charge in [-0.25, -0.2) is 4.98 Å². The summed E-state index contributed by atoms with van der Waals surface area (Å²) in [5.41, 5.74) is 0. The van der Waals surface area contributed by atoms with Gasteiger partial charge in [0.1, 0.15) is 5.82 Å². The number of alkyl halides is 1. The van der Waals surface area contributed by atoms with Crippen molar-refractivity contribution in [3.05, 3.63) is 22.8 Å². The Labute approximate surface area is 85.5 Å². The molecule has 0 saturated heterocycles. The normalized spacial score (nSPS) is 12.6. The zero-order chi connectivity index (χ0) is 8.97. The lowest BCUT2D eigenvalue weighted by Gasteiger charge is -2.05. The van der Waals surface area contributed by atoms with Crippen molar-refractivity contribution in [2.45, 2.75) is 12.3 Å². The lowest BCUT2D eigenvalue weighted by Crippen LogP contribution is -2.11. The first-order chi connectivity index (χ1) is 5.68. The summed E-state index contributed by atoms with van der Waals surface area (Å²) in [6.45, 7) is 2.67. The van der Waals surface area contributed by atoms with Crippen molar-refractivity contribution in [1.29, 1.82) is 0 Å². The topological polar surface area (TPSA) is 24.9 Å². The molecule has 4 heteroatoms. The summed E-state index contributed by atoms with van der Waals surface area (Å²) in [7, 11) is 0. The van der Waals surface area contributed by atoms with E-state index in [0.29, 0.717) is 0 Å². The van der Waals surface area contributed by atoms with Gasteiger partial charge in [0.05, 0.1) is 0 Å². The van der Waals surface area contributed by atoms with E-state index in [9.17, 15) is 0 Å². The van der Waals surface area contributed by atoms with Crippen LogP contribution in [0.5, 0.6) is 0 Å². The van der Waals surface area contributed by atoms with Crippen LogP contribution < -0.4 is 5.32 Å². The number of pyridine rings is 1. The van der Waals surface area contributed by atoms with Crippen LogP contribution in [0.4, 0.5) is 5.82 Å². The number of aromatic nitrogens is 1. The smallest absolute Gasteiger partial charge is 0.126 e. The third-order valence-electron chi connectivity index (χ3n) is 1.29. The van der Waals surface area contributed by atoms with Crippen molar-refractivity contribution in [2.75, 3.05) is 11.9 Å². The molecule has 0 bridgehead atoms. The molecule has 0 aliphatic heterocycles. The first-order valence-electron chi connectivity index (χ1n) is 3.68. The van der Waals surface area contributed by atoms with Crippen LogP contribution in [0.15, 0.2) is 22.8 Å². The second-order valence-corrected chi connectivity index (χ2v) is 4.18. The molecule has 1 rings (SSSR count). The van der Waals surface area contributed by atoms with Crippen LogP contribution in [0.3, 0.4) is 0 Å². The first-order valence-corrected chi connectivity index (χ1v) is 4.91. The van der Waals surface area contributed by atoms with Gasteiger partial charge in [0, 0.05) is 22.6 Å². The zero-order valence-corrected chi connectivity index (χ0v) is 9.06. The molecule has 0 saturated carbocycles. The molecule has 0 aliphatic rings. The highest BCUT2D eigenvalue weighted by Crippen LogP contribution is 2.10. The average Bonchev–Trinajstić information content (AvgIpc) is 2.03. The lowest BCUT2D eigenvalue weighted by atomic mass is 10.4. The van der Waals surface area contributed by atoms with Crippen LogP contribution in [0, 0.1) is 0 Å². The SMILES string of the molecule is CC(Cl)CNc1ccc(Br)cn1. The van der Waals surface area contributed by atoms with Crippen LogP contribution >= 0.6 is 27.5 Å². The monoisotopic (exact) mass is 248 g/mol. The summed E-state index contributed by atoms with van der Waals surface area (Å²) >= 11 is 9.07. The largest absolute Gasteiger partial charge is 0.369 e. The van der Waals surface area contributed by atoms with E-state index in [0.717, 1.165) is 16.8 Å². The molecule has 0 aromatic carbocycles. The maximum Gasteiger partial charge on any atom is 0.126 e. The van der Waals surface area contributed by atoms with Gasteiger partial charge in [-0.2, -0.15) is 0 Å². The minimum Gasteiger partial charge on any atom is -0.369 e. The molecule has 0 aliphatic carbocycles. The van der Waals surface area contributed by atoms with E-state index in [1.807, 2.05) is 19.1 Å². The quantitative estimate of drug-likeness (QED) is 0.833. The third-order valence-corrected chi connectivity index (χ3v) is 1.92. The summed E-state index contributed by atoms with van der Waals surface area (Å²) in [6, 6.07) is 3.84. The predicted octanol–water partition coefficient (Wildman–Crippen LogP) is 2.88. The standard InChI is InChI=1S/C8H10BrClN2/c1-6(10)4-11-8-3-2-7(9)5-12-8/h2-3,5-6H,4H2,1H3,(H,11,12). The van der Waals surface area contributed by atoms with Crippen molar-refractivity contribution < 1.29 is 0 Å². The van der Waals surface area contributed by atoms with E-state index < -0.39 is 0 Å². The van der Waals surface area contributed by atoms with Gasteiger partial charge >= 0.3 is 0 Å². The van der Waals surface area contributed by atoms with Crippen molar-refractivity contribution in [3.8, 4) is 0 Å². The fourth-order valence-corrected chi connectivity index (χ4v) is 1.04. The van der Waals surface area contributed by atoms with Gasteiger partial charge in [-0.1, -0.05) is 0 Å². The number of nitrogens with one attached hydrogen (secondary N) is 1. The number of halogens is 2. The van der Waals surface area contributed by atoms with Gasteiger partial charge in [0.2, 0.25) is 0 Å². The highest BCUT2D eigenvalue weighted by Gasteiger charge is 1.96. The highest BCUT2D eigenvalue weighted by molar-refractivity contribution is 9.10. The van der Waals surface area contributed by atoms with E-state index in [4.69, 9.17) is 11.6 Å². The van der Waals surface area contributed by atoms with Gasteiger partial charge in [-0.05, 0) is 35.0 Å². The van der Waals surface area contributed by atoms with Gasteiger partial charge in [-0.15, -0.1) is 11.6 Å². The molecule has 0 amide bonds. The molecule has 1 heterocycles. The van der Waals surface area contributed by atoms with Crippen molar-refractivity contribution in [3.63, 3.8) is 0 Å². The van der Waals surface area contributed by atoms with E-state index in [-0.39, 0.29) is 5.38 Å². The Morgan fingerprint density at radius 1 is 1.67 bits per heavy atom. The number of hydrogen-bond donors (Lipinski definition) is 1. The molecule has 1 atom stereocenters. The molecule has 12 heavy (non-hydrogen) atoms. The highest BCUT2D eigenvalue weighted by atomic mass is 79.9. The Balaban J connectivity index is 2.48. The Kier molecular flexibility index (Phi) is 3.82. The minimum atomic E-state index is 0.121. The van der Waals surface area contributed by atoms with Crippen molar-refractivity contribution in [2.24, 2.45) is 0 Å². The summed E-state index contributed by atoms with van der Waals surface area (Å²) in [5.74, 6) is 0.853. The fourth-order valence-electron chi connectivity index (χ4n) is 0.726. The Bertz CT molecular complexity index is 235. The second kappa shape index (κ2) is 4.67. The van der Waals surface area contributed by atoms with Gasteiger partial charge in [0.25, 0.3) is 0 Å². The van der Waals surface area contributed by atoms with Crippen LogP contribution in [0.1, 0.15) is 6.92 Å². The van der Waals surface area contributed by atoms with Crippen LogP contribution in [-0.4, -0.2) is 16.9 Å². The van der Waals surface area contributed by atoms with Gasteiger partial charge in [-0.3, -0.25) is 0 Å². The molecule has 1 aromatic heterocycles. The maximum absolute atomic E-state index is 5.76. The zero-order valence-electron chi connectivity index (χ0n) is 6.72. The molecule has 1 unspecified atom stereocenters. The minimum absolute atomic E-state index is 0.121. The number of anilines is 1. The van der Waals surface area contributed by atoms with Crippen molar-refractivity contribution >= 4 is 33.3 Å². The Hall–Kier alpha value is -0.280. The number of nitrogens with zero attached hydrogens (tertiary/aromatic N) is 1. The molecule has 1 aromatic rings. The van der Waals surface area contributed by atoms with Crippen molar-refractivity contribution in [1.82, 2.24) is 4.98 Å². The van der Waals surface area contributed by atoms with Crippen LogP contribution in [0.2, 0.25) is 0 Å². The summed E-state index contributed by atoms with van der Waals surface area (Å²) < 4.78 is 0.979. The Morgan fingerprint density at radius 3 is 2.92 bits per heavy atom. The first kappa shape index (κ1) is 9.81. The summed E-state index contributed by atoms with van der Waals surface area (Å²) in [4.78, 5) is 4.13. The van der Waals surface area contributed by atoms with E-state index in [2.05, 4.69) is 26.2 Å². The van der Waals surface area contributed by atoms with Crippen LogP contribution in [0.25, 0.3) is 0 Å². The maximum atomic E-state index is 5.76. The van der Waals surface area contributed by atoms with Gasteiger partial charge in [0.15, 0.2) is 0 Å². The fraction of sp³-hybridized carbons (Fsp3) is 0.375. The molecular formula is C8H10BrClN2. The van der Waals surface area contributed by atoms with Gasteiger partial charge < -0.3 is 5.32 Å².